The largest absolute Gasteiger partial charge is 0.454 e. The minimum atomic E-state index is -0.214. The highest BCUT2D eigenvalue weighted by Crippen LogP contribution is 2.37. The summed E-state index contributed by atoms with van der Waals surface area (Å²) in [4.78, 5) is 12.2. The lowest BCUT2D eigenvalue weighted by Crippen LogP contribution is -2.27. The summed E-state index contributed by atoms with van der Waals surface area (Å²) in [5.74, 6) is 1.80. The van der Waals surface area contributed by atoms with Gasteiger partial charge in [-0.2, -0.15) is 5.10 Å². The number of rotatable bonds is 2. The van der Waals surface area contributed by atoms with E-state index in [9.17, 15) is 4.79 Å². The molecule has 3 rings (SSSR count). The van der Waals surface area contributed by atoms with E-state index in [1.54, 1.807) is 18.2 Å². The van der Waals surface area contributed by atoms with Crippen LogP contribution >= 0.6 is 0 Å². The van der Waals surface area contributed by atoms with Crippen LogP contribution in [-0.4, -0.2) is 18.4 Å². The smallest absolute Gasteiger partial charge is 0.271 e. The summed E-state index contributed by atoms with van der Waals surface area (Å²) < 4.78 is 10.5. The normalized spacial score (nSPS) is 20.3. The van der Waals surface area contributed by atoms with E-state index < -0.39 is 0 Å². The van der Waals surface area contributed by atoms with Gasteiger partial charge >= 0.3 is 0 Å². The Kier molecular flexibility index (Phi) is 4.28. The van der Waals surface area contributed by atoms with E-state index in [4.69, 9.17) is 9.47 Å². The summed E-state index contributed by atoms with van der Waals surface area (Å²) >= 11 is 0. The van der Waals surface area contributed by atoms with E-state index in [0.29, 0.717) is 22.5 Å². The van der Waals surface area contributed by atoms with E-state index in [-0.39, 0.29) is 12.7 Å². The molecule has 23 heavy (non-hydrogen) atoms. The van der Waals surface area contributed by atoms with Gasteiger partial charge < -0.3 is 9.47 Å². The highest BCUT2D eigenvalue weighted by atomic mass is 16.7. The lowest BCUT2D eigenvalue weighted by atomic mass is 9.72. The second-order valence-electron chi connectivity index (χ2n) is 7.33. The third-order valence-electron chi connectivity index (χ3n) is 4.74. The molecular formula is C18H24N2O3. The lowest BCUT2D eigenvalue weighted by molar-refractivity contribution is 0.0953. The Hall–Kier alpha value is -2.04. The summed E-state index contributed by atoms with van der Waals surface area (Å²) in [7, 11) is 0. The first-order valence-corrected chi connectivity index (χ1v) is 8.19. The molecule has 0 atom stereocenters. The standard InChI is InChI=1S/C18H24N2O3/c1-18(2,3)13-5-7-14(8-6-13)19-20-17(21)12-4-9-15-16(10-12)23-11-22-15/h4,9-10,13H,5-8,11H2,1-3H3,(H,20,21). The Morgan fingerprint density at radius 1 is 1.17 bits per heavy atom. The van der Waals surface area contributed by atoms with Crippen LogP contribution in [0.4, 0.5) is 0 Å². The van der Waals surface area contributed by atoms with Crippen LogP contribution in [0.25, 0.3) is 0 Å². The molecule has 5 heteroatoms. The van der Waals surface area contributed by atoms with Crippen molar-refractivity contribution >= 4 is 11.6 Å². The van der Waals surface area contributed by atoms with Gasteiger partial charge in [-0.05, 0) is 55.2 Å². The maximum absolute atomic E-state index is 12.2. The Morgan fingerprint density at radius 3 is 2.57 bits per heavy atom. The van der Waals surface area contributed by atoms with E-state index >= 15 is 0 Å². The van der Waals surface area contributed by atoms with Crippen LogP contribution in [0.1, 0.15) is 56.8 Å². The fraction of sp³-hybridized carbons (Fsp3) is 0.556. The average molecular weight is 316 g/mol. The minimum absolute atomic E-state index is 0.206. The van der Waals surface area contributed by atoms with Gasteiger partial charge in [-0.1, -0.05) is 20.8 Å². The van der Waals surface area contributed by atoms with Crippen molar-refractivity contribution in [2.45, 2.75) is 46.5 Å². The van der Waals surface area contributed by atoms with Gasteiger partial charge in [-0.25, -0.2) is 5.43 Å². The topological polar surface area (TPSA) is 59.9 Å². The van der Waals surface area contributed by atoms with Crippen LogP contribution in [0, 0.1) is 11.3 Å². The second-order valence-corrected chi connectivity index (χ2v) is 7.33. The lowest BCUT2D eigenvalue weighted by Gasteiger charge is -2.34. The highest BCUT2D eigenvalue weighted by molar-refractivity contribution is 5.96. The number of hydrogen-bond acceptors (Lipinski definition) is 4. The van der Waals surface area contributed by atoms with Gasteiger partial charge in [0.1, 0.15) is 0 Å². The molecule has 1 fully saturated rings. The average Bonchev–Trinajstić information content (AvgIpc) is 2.99. The SMILES string of the molecule is CC(C)(C)C1CCC(=NNC(=O)c2ccc3c(c2)OCO3)CC1. The summed E-state index contributed by atoms with van der Waals surface area (Å²) in [5.41, 5.74) is 4.63. The number of hydrogen-bond donors (Lipinski definition) is 1. The van der Waals surface area contributed by atoms with Crippen molar-refractivity contribution in [2.24, 2.45) is 16.4 Å². The van der Waals surface area contributed by atoms with E-state index in [0.717, 1.165) is 37.3 Å². The maximum Gasteiger partial charge on any atom is 0.271 e. The van der Waals surface area contributed by atoms with Crippen LogP contribution in [-0.2, 0) is 0 Å². The van der Waals surface area contributed by atoms with Crippen molar-refractivity contribution in [3.8, 4) is 11.5 Å². The zero-order chi connectivity index (χ0) is 16.4. The Balaban J connectivity index is 1.57. The molecule has 1 amide bonds. The number of benzene rings is 1. The Bertz CT molecular complexity index is 622. The third-order valence-corrected chi connectivity index (χ3v) is 4.74. The van der Waals surface area contributed by atoms with Crippen molar-refractivity contribution in [2.75, 3.05) is 6.79 Å². The van der Waals surface area contributed by atoms with E-state index in [1.807, 2.05) is 0 Å². The minimum Gasteiger partial charge on any atom is -0.454 e. The maximum atomic E-state index is 12.2. The number of carbonyl (C=O) groups is 1. The first kappa shape index (κ1) is 15.8. The van der Waals surface area contributed by atoms with Gasteiger partial charge in [0, 0.05) is 11.3 Å². The van der Waals surface area contributed by atoms with Crippen molar-refractivity contribution < 1.29 is 14.3 Å². The van der Waals surface area contributed by atoms with E-state index in [2.05, 4.69) is 31.3 Å². The first-order valence-electron chi connectivity index (χ1n) is 8.19. The molecule has 2 aliphatic rings. The van der Waals surface area contributed by atoms with Gasteiger partial charge in [0.15, 0.2) is 11.5 Å². The van der Waals surface area contributed by atoms with Crippen molar-refractivity contribution in [3.63, 3.8) is 0 Å². The van der Waals surface area contributed by atoms with Crippen LogP contribution < -0.4 is 14.9 Å². The van der Waals surface area contributed by atoms with Crippen molar-refractivity contribution in [3.05, 3.63) is 23.8 Å². The number of nitrogens with zero attached hydrogens (tertiary/aromatic N) is 1. The summed E-state index contributed by atoms with van der Waals surface area (Å²) in [6.45, 7) is 7.08. The second kappa shape index (κ2) is 6.22. The van der Waals surface area contributed by atoms with Crippen LogP contribution in [0.5, 0.6) is 11.5 Å². The van der Waals surface area contributed by atoms with Gasteiger partial charge in [-0.3, -0.25) is 4.79 Å². The summed E-state index contributed by atoms with van der Waals surface area (Å²) in [5, 5.41) is 4.31. The molecule has 1 aromatic rings. The molecule has 1 aliphatic heterocycles. The third kappa shape index (κ3) is 3.66. The molecule has 0 bridgehead atoms. The zero-order valence-electron chi connectivity index (χ0n) is 14.0. The molecule has 0 saturated heterocycles. The summed E-state index contributed by atoms with van der Waals surface area (Å²) in [6.07, 6.45) is 4.21. The molecule has 0 aromatic heterocycles. The number of ether oxygens (including phenoxy) is 2. The summed E-state index contributed by atoms with van der Waals surface area (Å²) in [6, 6.07) is 5.16. The first-order chi connectivity index (χ1) is 10.9. The number of fused-ring (bicyclic) bond motifs is 1. The number of carbonyl (C=O) groups excluding carboxylic acids is 1. The van der Waals surface area contributed by atoms with Crippen molar-refractivity contribution in [1.82, 2.24) is 5.43 Å². The molecule has 1 aromatic carbocycles. The molecule has 5 nitrogen and oxygen atoms in total. The molecular weight excluding hydrogens is 292 g/mol. The molecule has 0 unspecified atom stereocenters. The monoisotopic (exact) mass is 316 g/mol. The molecule has 124 valence electrons. The molecule has 1 heterocycles. The number of amides is 1. The Morgan fingerprint density at radius 2 is 1.87 bits per heavy atom. The number of nitrogens with one attached hydrogen (secondary N) is 1. The predicted octanol–water partition coefficient (Wildman–Crippen LogP) is 3.74. The highest BCUT2D eigenvalue weighted by Gasteiger charge is 2.28. The molecule has 1 N–H and O–H groups in total. The number of hydrazone groups is 1. The quantitative estimate of drug-likeness (QED) is 0.846. The zero-order valence-corrected chi connectivity index (χ0v) is 14.0. The van der Waals surface area contributed by atoms with Gasteiger partial charge in [0.2, 0.25) is 6.79 Å². The predicted molar refractivity (Wildman–Crippen MR) is 88.9 cm³/mol. The molecule has 1 saturated carbocycles. The fourth-order valence-electron chi connectivity index (χ4n) is 3.16. The van der Waals surface area contributed by atoms with Crippen LogP contribution in [0.2, 0.25) is 0 Å². The van der Waals surface area contributed by atoms with Gasteiger partial charge in [0.25, 0.3) is 5.91 Å². The van der Waals surface area contributed by atoms with Crippen molar-refractivity contribution in [1.29, 1.82) is 0 Å². The molecule has 0 spiro atoms. The van der Waals surface area contributed by atoms with Gasteiger partial charge in [0.05, 0.1) is 0 Å². The van der Waals surface area contributed by atoms with Crippen LogP contribution in [0.15, 0.2) is 23.3 Å². The molecule has 1 aliphatic carbocycles. The van der Waals surface area contributed by atoms with Crippen LogP contribution in [0.3, 0.4) is 0 Å². The van der Waals surface area contributed by atoms with Gasteiger partial charge in [-0.15, -0.1) is 0 Å². The molecule has 0 radical (unpaired) electrons. The Labute approximate surface area is 137 Å². The fourth-order valence-corrected chi connectivity index (χ4v) is 3.16. The van der Waals surface area contributed by atoms with E-state index in [1.165, 1.54) is 0 Å².